The zero-order valence-corrected chi connectivity index (χ0v) is 18.0. The molecular weight excluding hydrogens is 444 g/mol. The highest BCUT2D eigenvalue weighted by molar-refractivity contribution is 9.10. The topological polar surface area (TPSA) is 33.7 Å². The van der Waals surface area contributed by atoms with Crippen LogP contribution in [-0.4, -0.2) is 56.5 Å². The second-order valence-corrected chi connectivity index (χ2v) is 9.93. The Morgan fingerprint density at radius 2 is 1.85 bits per heavy atom. The lowest BCUT2D eigenvalue weighted by Gasteiger charge is -2.35. The molecule has 2 saturated heterocycles. The Kier molecular flexibility index (Phi) is 5.41. The van der Waals surface area contributed by atoms with Crippen molar-refractivity contribution < 1.29 is 9.47 Å². The van der Waals surface area contributed by atoms with Gasteiger partial charge in [0.15, 0.2) is 0 Å². The zero-order valence-electron chi connectivity index (χ0n) is 14.8. The van der Waals surface area contributed by atoms with Gasteiger partial charge in [-0.3, -0.25) is 4.90 Å². The van der Waals surface area contributed by atoms with Gasteiger partial charge in [0, 0.05) is 42.8 Å². The monoisotopic (exact) mass is 464 g/mol. The van der Waals surface area contributed by atoms with E-state index in [0.29, 0.717) is 12.1 Å². The summed E-state index contributed by atoms with van der Waals surface area (Å²) in [5.41, 5.74) is 1.18. The van der Waals surface area contributed by atoms with Crippen molar-refractivity contribution in [3.8, 4) is 0 Å². The summed E-state index contributed by atoms with van der Waals surface area (Å²) in [5.74, 6) is 0. The highest BCUT2D eigenvalue weighted by Gasteiger charge is 2.34. The minimum atomic E-state index is 0.323. The molecule has 0 unspecified atom stereocenters. The van der Waals surface area contributed by atoms with E-state index in [2.05, 4.69) is 62.5 Å². The Morgan fingerprint density at radius 3 is 2.74 bits per heavy atom. The van der Waals surface area contributed by atoms with Gasteiger partial charge in [-0.05, 0) is 46.3 Å². The van der Waals surface area contributed by atoms with Gasteiger partial charge in [-0.25, -0.2) is 0 Å². The summed E-state index contributed by atoms with van der Waals surface area (Å²) in [7, 11) is 0. The number of nitrogens with one attached hydrogen (secondary N) is 1. The van der Waals surface area contributed by atoms with E-state index in [1.54, 1.807) is 0 Å². The summed E-state index contributed by atoms with van der Waals surface area (Å²) in [4.78, 5) is 7.77. The number of anilines is 1. The van der Waals surface area contributed by atoms with Crippen LogP contribution in [0.5, 0.6) is 0 Å². The maximum absolute atomic E-state index is 5.81. The fourth-order valence-electron chi connectivity index (χ4n) is 3.82. The Morgan fingerprint density at radius 1 is 0.963 bits per heavy atom. The minimum absolute atomic E-state index is 0.323. The maximum Gasteiger partial charge on any atom is 0.0684 e. The normalized spacial score (nSPS) is 25.1. The molecule has 2 fully saturated rings. The second kappa shape index (κ2) is 7.97. The first-order valence-corrected chi connectivity index (χ1v) is 11.6. The summed E-state index contributed by atoms with van der Waals surface area (Å²) in [6, 6.07) is 13.9. The van der Waals surface area contributed by atoms with Gasteiger partial charge in [0.25, 0.3) is 0 Å². The first-order valence-electron chi connectivity index (χ1n) is 9.22. The molecule has 1 N–H and O–H groups in total. The Hall–Kier alpha value is -0.700. The molecule has 3 aliphatic rings. The van der Waals surface area contributed by atoms with Gasteiger partial charge < -0.3 is 14.8 Å². The average molecular weight is 465 g/mol. The first kappa shape index (κ1) is 18.3. The Bertz CT molecular complexity index is 845. The summed E-state index contributed by atoms with van der Waals surface area (Å²) in [6.45, 7) is 5.20. The molecule has 0 saturated carbocycles. The quantitative estimate of drug-likeness (QED) is 0.610. The molecule has 27 heavy (non-hydrogen) atoms. The molecule has 4 nitrogen and oxygen atoms in total. The van der Waals surface area contributed by atoms with Crippen LogP contribution in [0.1, 0.15) is 0 Å². The van der Waals surface area contributed by atoms with Gasteiger partial charge in [0.2, 0.25) is 0 Å². The van der Waals surface area contributed by atoms with Gasteiger partial charge in [0.1, 0.15) is 0 Å². The zero-order chi connectivity index (χ0) is 18.2. The SMILES string of the molecule is Brc1cccc2c1Sc1ccc(N[C@H]3COC[C@@H]3N3CCOCC3)cc1S2. The number of rotatable bonds is 3. The number of ether oxygens (including phenoxy) is 2. The van der Waals surface area contributed by atoms with Gasteiger partial charge >= 0.3 is 0 Å². The van der Waals surface area contributed by atoms with Gasteiger partial charge in [-0.2, -0.15) is 0 Å². The number of hydrogen-bond acceptors (Lipinski definition) is 6. The molecule has 0 aromatic heterocycles. The first-order chi connectivity index (χ1) is 13.3. The summed E-state index contributed by atoms with van der Waals surface area (Å²) in [5, 5.41) is 3.73. The molecule has 7 heteroatoms. The average Bonchev–Trinajstić information content (AvgIpc) is 3.16. The molecule has 2 atom stereocenters. The minimum Gasteiger partial charge on any atom is -0.379 e. The standard InChI is InChI=1S/C20H21BrN2O2S2/c21-14-2-1-3-18-20(14)27-17-5-4-13(10-19(17)26-18)22-15-11-25-12-16(15)23-6-8-24-9-7-23/h1-5,10,15-16,22H,6-9,11-12H2/t15-,16-/m0/s1. The highest BCUT2D eigenvalue weighted by Crippen LogP contribution is 2.51. The molecule has 2 aromatic rings. The molecule has 0 spiro atoms. The number of benzene rings is 2. The third-order valence-electron chi connectivity index (χ3n) is 5.22. The molecule has 3 aliphatic heterocycles. The van der Waals surface area contributed by atoms with Crippen LogP contribution in [0.3, 0.4) is 0 Å². The number of nitrogens with zero attached hydrogens (tertiary/aromatic N) is 1. The molecule has 142 valence electrons. The van der Waals surface area contributed by atoms with Crippen LogP contribution >= 0.6 is 39.5 Å². The molecule has 5 rings (SSSR count). The fourth-order valence-corrected chi connectivity index (χ4v) is 6.85. The molecule has 3 heterocycles. The molecule has 0 bridgehead atoms. The number of morpholine rings is 1. The smallest absolute Gasteiger partial charge is 0.0684 e. The van der Waals surface area contributed by atoms with Crippen molar-refractivity contribution in [1.82, 2.24) is 4.90 Å². The van der Waals surface area contributed by atoms with Crippen molar-refractivity contribution in [3.63, 3.8) is 0 Å². The van der Waals surface area contributed by atoms with Gasteiger partial charge in [-0.15, -0.1) is 0 Å². The van der Waals surface area contributed by atoms with Crippen molar-refractivity contribution in [3.05, 3.63) is 40.9 Å². The molecule has 0 aliphatic carbocycles. The van der Waals surface area contributed by atoms with Crippen LogP contribution in [0, 0.1) is 0 Å². The number of hydrogen-bond donors (Lipinski definition) is 1. The van der Waals surface area contributed by atoms with E-state index in [9.17, 15) is 0 Å². The summed E-state index contributed by atoms with van der Waals surface area (Å²) >= 11 is 7.37. The summed E-state index contributed by atoms with van der Waals surface area (Å²) < 4.78 is 12.5. The lowest BCUT2D eigenvalue weighted by atomic mass is 10.1. The predicted octanol–water partition coefficient (Wildman–Crippen LogP) is 4.58. The van der Waals surface area contributed by atoms with Crippen LogP contribution in [0.2, 0.25) is 0 Å². The van der Waals surface area contributed by atoms with E-state index in [4.69, 9.17) is 9.47 Å². The van der Waals surface area contributed by atoms with Crippen LogP contribution in [0.4, 0.5) is 5.69 Å². The fraction of sp³-hybridized carbons (Fsp3) is 0.400. The molecule has 0 radical (unpaired) electrons. The van der Waals surface area contributed by atoms with Crippen molar-refractivity contribution in [2.75, 3.05) is 44.8 Å². The van der Waals surface area contributed by atoms with Gasteiger partial charge in [-0.1, -0.05) is 29.6 Å². The third-order valence-corrected chi connectivity index (χ3v) is 8.74. The van der Waals surface area contributed by atoms with E-state index < -0.39 is 0 Å². The lowest BCUT2D eigenvalue weighted by Crippen LogP contribution is -2.50. The van der Waals surface area contributed by atoms with E-state index in [1.165, 1.54) is 29.7 Å². The van der Waals surface area contributed by atoms with E-state index in [-0.39, 0.29) is 0 Å². The van der Waals surface area contributed by atoms with Crippen molar-refractivity contribution in [1.29, 1.82) is 0 Å². The Labute approximate surface area is 176 Å². The lowest BCUT2D eigenvalue weighted by molar-refractivity contribution is 0.0131. The van der Waals surface area contributed by atoms with Crippen LogP contribution in [-0.2, 0) is 9.47 Å². The maximum atomic E-state index is 5.81. The van der Waals surface area contributed by atoms with Crippen LogP contribution in [0.15, 0.2) is 60.5 Å². The molecule has 0 amide bonds. The van der Waals surface area contributed by atoms with Crippen LogP contribution in [0.25, 0.3) is 0 Å². The second-order valence-electron chi connectivity index (χ2n) is 6.94. The molecular formula is C20H21BrN2O2S2. The third kappa shape index (κ3) is 3.78. The largest absolute Gasteiger partial charge is 0.379 e. The number of fused-ring (bicyclic) bond motifs is 2. The predicted molar refractivity (Wildman–Crippen MR) is 113 cm³/mol. The van der Waals surface area contributed by atoms with E-state index in [0.717, 1.165) is 39.5 Å². The Balaban J connectivity index is 1.33. The van der Waals surface area contributed by atoms with Crippen molar-refractivity contribution >= 4 is 45.1 Å². The van der Waals surface area contributed by atoms with Crippen molar-refractivity contribution in [2.24, 2.45) is 0 Å². The molecule has 2 aromatic carbocycles. The summed E-state index contributed by atoms with van der Waals surface area (Å²) in [6.07, 6.45) is 0. The van der Waals surface area contributed by atoms with Crippen LogP contribution < -0.4 is 5.32 Å². The number of halogens is 1. The van der Waals surface area contributed by atoms with Gasteiger partial charge in [0.05, 0.1) is 38.5 Å². The van der Waals surface area contributed by atoms with E-state index >= 15 is 0 Å². The van der Waals surface area contributed by atoms with E-state index in [1.807, 2.05) is 23.5 Å². The van der Waals surface area contributed by atoms with Crippen molar-refractivity contribution in [2.45, 2.75) is 31.7 Å². The highest BCUT2D eigenvalue weighted by atomic mass is 79.9.